The molecule has 0 aliphatic rings. The Hall–Kier alpha value is -1.05. The van der Waals surface area contributed by atoms with E-state index < -0.39 is 0 Å². The third-order valence-electron chi connectivity index (χ3n) is 2.48. The van der Waals surface area contributed by atoms with Crippen LogP contribution in [0.1, 0.15) is 18.2 Å². The summed E-state index contributed by atoms with van der Waals surface area (Å²) in [6.07, 6.45) is 4.72. The summed E-state index contributed by atoms with van der Waals surface area (Å²) in [6, 6.07) is 0. The van der Waals surface area contributed by atoms with Gasteiger partial charge in [0.2, 0.25) is 0 Å². The summed E-state index contributed by atoms with van der Waals surface area (Å²) >= 11 is 2.18. The highest BCUT2D eigenvalue weighted by atomic mass is 127. The molecule has 0 saturated carbocycles. The standard InChI is InChI=1S/C10H14IN5/c1-3-9-7(5-15(2)14-9)6-16-10(12)8(11)4-13-16/h4-5H,3,6,12H2,1-2H3. The third-order valence-corrected chi connectivity index (χ3v) is 3.31. The number of aromatic nitrogens is 4. The van der Waals surface area contributed by atoms with E-state index in [4.69, 9.17) is 5.73 Å². The van der Waals surface area contributed by atoms with Gasteiger partial charge in [0.1, 0.15) is 5.82 Å². The average molecular weight is 331 g/mol. The van der Waals surface area contributed by atoms with E-state index in [0.717, 1.165) is 15.7 Å². The van der Waals surface area contributed by atoms with Crippen molar-refractivity contribution >= 4 is 28.4 Å². The molecule has 16 heavy (non-hydrogen) atoms. The van der Waals surface area contributed by atoms with Crippen LogP contribution in [0.2, 0.25) is 0 Å². The molecule has 0 aliphatic heterocycles. The molecule has 2 aromatic heterocycles. The molecule has 5 nitrogen and oxygen atoms in total. The third kappa shape index (κ3) is 2.06. The number of halogens is 1. The van der Waals surface area contributed by atoms with Gasteiger partial charge in [-0.2, -0.15) is 10.2 Å². The maximum absolute atomic E-state index is 5.91. The van der Waals surface area contributed by atoms with Crippen LogP contribution in [0, 0.1) is 3.57 Å². The Bertz CT molecular complexity index is 499. The zero-order valence-corrected chi connectivity index (χ0v) is 11.5. The number of nitrogens with zero attached hydrogens (tertiary/aromatic N) is 4. The lowest BCUT2D eigenvalue weighted by molar-refractivity contribution is 0.691. The lowest BCUT2D eigenvalue weighted by atomic mass is 10.2. The zero-order chi connectivity index (χ0) is 11.7. The van der Waals surface area contributed by atoms with E-state index in [2.05, 4.69) is 39.7 Å². The van der Waals surface area contributed by atoms with Crippen molar-refractivity contribution in [2.45, 2.75) is 19.9 Å². The van der Waals surface area contributed by atoms with Crippen molar-refractivity contribution in [1.29, 1.82) is 0 Å². The van der Waals surface area contributed by atoms with Crippen molar-refractivity contribution < 1.29 is 0 Å². The quantitative estimate of drug-likeness (QED) is 0.865. The Balaban J connectivity index is 2.29. The van der Waals surface area contributed by atoms with Crippen LogP contribution in [-0.4, -0.2) is 19.6 Å². The minimum Gasteiger partial charge on any atom is -0.383 e. The van der Waals surface area contributed by atoms with Crippen molar-refractivity contribution in [2.24, 2.45) is 7.05 Å². The molecule has 0 spiro atoms. The summed E-state index contributed by atoms with van der Waals surface area (Å²) in [5.74, 6) is 0.714. The first kappa shape index (κ1) is 11.4. The maximum atomic E-state index is 5.91. The van der Waals surface area contributed by atoms with Crippen LogP contribution in [0.5, 0.6) is 0 Å². The lowest BCUT2D eigenvalue weighted by Crippen LogP contribution is -2.07. The van der Waals surface area contributed by atoms with Crippen LogP contribution in [0.25, 0.3) is 0 Å². The van der Waals surface area contributed by atoms with Crippen molar-refractivity contribution in [3.05, 3.63) is 27.2 Å². The van der Waals surface area contributed by atoms with E-state index in [1.807, 2.05) is 17.9 Å². The Labute approximate surface area is 108 Å². The van der Waals surface area contributed by atoms with Gasteiger partial charge in [0.15, 0.2) is 0 Å². The van der Waals surface area contributed by atoms with Gasteiger partial charge in [0.25, 0.3) is 0 Å². The molecule has 6 heteroatoms. The van der Waals surface area contributed by atoms with Gasteiger partial charge < -0.3 is 5.73 Å². The molecule has 0 unspecified atom stereocenters. The van der Waals surface area contributed by atoms with Crippen LogP contribution in [0.15, 0.2) is 12.4 Å². The summed E-state index contributed by atoms with van der Waals surface area (Å²) in [5, 5.41) is 8.64. The van der Waals surface area contributed by atoms with E-state index in [9.17, 15) is 0 Å². The van der Waals surface area contributed by atoms with Crippen molar-refractivity contribution in [3.63, 3.8) is 0 Å². The predicted molar refractivity (Wildman–Crippen MR) is 71.0 cm³/mol. The minimum atomic E-state index is 0.686. The molecule has 0 atom stereocenters. The molecule has 0 saturated heterocycles. The molecule has 2 heterocycles. The fourth-order valence-electron chi connectivity index (χ4n) is 1.67. The lowest BCUT2D eigenvalue weighted by Gasteiger charge is -2.03. The number of hydrogen-bond donors (Lipinski definition) is 1. The summed E-state index contributed by atoms with van der Waals surface area (Å²) < 4.78 is 4.62. The highest BCUT2D eigenvalue weighted by Gasteiger charge is 2.10. The fourth-order valence-corrected chi connectivity index (χ4v) is 2.08. The number of anilines is 1. The normalized spacial score (nSPS) is 10.9. The molecule has 2 N–H and O–H groups in total. The number of aryl methyl sites for hydroxylation is 2. The second kappa shape index (κ2) is 4.44. The summed E-state index contributed by atoms with van der Waals surface area (Å²) in [5.41, 5.74) is 8.20. The van der Waals surface area contributed by atoms with Crippen molar-refractivity contribution in [3.8, 4) is 0 Å². The monoisotopic (exact) mass is 331 g/mol. The van der Waals surface area contributed by atoms with E-state index in [1.165, 1.54) is 5.56 Å². The highest BCUT2D eigenvalue weighted by Crippen LogP contribution is 2.16. The van der Waals surface area contributed by atoms with Crippen molar-refractivity contribution in [2.75, 3.05) is 5.73 Å². The zero-order valence-electron chi connectivity index (χ0n) is 9.31. The first-order valence-electron chi connectivity index (χ1n) is 5.10. The Morgan fingerprint density at radius 3 is 2.81 bits per heavy atom. The Morgan fingerprint density at radius 1 is 1.50 bits per heavy atom. The SMILES string of the molecule is CCc1nn(C)cc1Cn1ncc(I)c1N. The van der Waals surface area contributed by atoms with Gasteiger partial charge in [-0.3, -0.25) is 4.68 Å². The van der Waals surface area contributed by atoms with Crippen LogP contribution >= 0.6 is 22.6 Å². The second-order valence-electron chi connectivity index (χ2n) is 3.66. The fraction of sp³-hybridized carbons (Fsp3) is 0.400. The first-order valence-corrected chi connectivity index (χ1v) is 6.18. The van der Waals surface area contributed by atoms with Crippen LogP contribution in [0.4, 0.5) is 5.82 Å². The summed E-state index contributed by atoms with van der Waals surface area (Å²) in [7, 11) is 1.93. The van der Waals surface area contributed by atoms with E-state index >= 15 is 0 Å². The molecular weight excluding hydrogens is 317 g/mol. The molecule has 0 fully saturated rings. The molecule has 0 amide bonds. The molecular formula is C10H14IN5. The van der Waals surface area contributed by atoms with Crippen LogP contribution < -0.4 is 5.73 Å². The van der Waals surface area contributed by atoms with Gasteiger partial charge in [-0.25, -0.2) is 4.68 Å². The number of rotatable bonds is 3. The smallest absolute Gasteiger partial charge is 0.135 e. The molecule has 0 aliphatic carbocycles. The van der Waals surface area contributed by atoms with E-state index in [0.29, 0.717) is 12.4 Å². The molecule has 86 valence electrons. The van der Waals surface area contributed by atoms with Gasteiger partial charge >= 0.3 is 0 Å². The summed E-state index contributed by atoms with van der Waals surface area (Å²) in [6.45, 7) is 2.79. The Morgan fingerprint density at radius 2 is 2.25 bits per heavy atom. The highest BCUT2D eigenvalue weighted by molar-refractivity contribution is 14.1. The number of nitrogens with two attached hydrogens (primary N) is 1. The van der Waals surface area contributed by atoms with Gasteiger partial charge in [0.05, 0.1) is 22.0 Å². The topological polar surface area (TPSA) is 61.7 Å². The minimum absolute atomic E-state index is 0.686. The molecule has 0 radical (unpaired) electrons. The predicted octanol–water partition coefficient (Wildman–Crippen LogP) is 1.41. The van der Waals surface area contributed by atoms with Gasteiger partial charge in [-0.1, -0.05) is 6.92 Å². The van der Waals surface area contributed by atoms with Gasteiger partial charge in [-0.05, 0) is 29.0 Å². The molecule has 2 rings (SSSR count). The largest absolute Gasteiger partial charge is 0.383 e. The van der Waals surface area contributed by atoms with Crippen LogP contribution in [0.3, 0.4) is 0 Å². The van der Waals surface area contributed by atoms with Gasteiger partial charge in [0, 0.05) is 18.8 Å². The van der Waals surface area contributed by atoms with Crippen LogP contribution in [-0.2, 0) is 20.0 Å². The number of nitrogen functional groups attached to an aromatic ring is 1. The maximum Gasteiger partial charge on any atom is 0.135 e. The Kier molecular flexibility index (Phi) is 3.17. The van der Waals surface area contributed by atoms with E-state index in [1.54, 1.807) is 10.9 Å². The summed E-state index contributed by atoms with van der Waals surface area (Å²) in [4.78, 5) is 0. The molecule has 2 aromatic rings. The average Bonchev–Trinajstić information content (AvgIpc) is 2.76. The van der Waals surface area contributed by atoms with Gasteiger partial charge in [-0.15, -0.1) is 0 Å². The number of hydrogen-bond acceptors (Lipinski definition) is 3. The molecule has 0 bridgehead atoms. The first-order chi connectivity index (χ1) is 7.61. The molecule has 0 aromatic carbocycles. The second-order valence-corrected chi connectivity index (χ2v) is 4.83. The van der Waals surface area contributed by atoms with E-state index in [-0.39, 0.29) is 0 Å². The van der Waals surface area contributed by atoms with Crippen molar-refractivity contribution in [1.82, 2.24) is 19.6 Å².